The lowest BCUT2D eigenvalue weighted by atomic mass is 10.1. The van der Waals surface area contributed by atoms with E-state index in [1.165, 1.54) is 23.3 Å². The first-order valence-electron chi connectivity index (χ1n) is 9.08. The SMILES string of the molecule is Cc1ccc(CCCC(=O)OCCCc2c[nH]c3ccc(F)cc23)cc1. The van der Waals surface area contributed by atoms with E-state index < -0.39 is 0 Å². The van der Waals surface area contributed by atoms with E-state index in [-0.39, 0.29) is 11.8 Å². The van der Waals surface area contributed by atoms with Crippen molar-refractivity contribution in [2.75, 3.05) is 6.61 Å². The number of carbonyl (C=O) groups is 1. The normalized spacial score (nSPS) is 11.0. The van der Waals surface area contributed by atoms with Crippen molar-refractivity contribution >= 4 is 16.9 Å². The van der Waals surface area contributed by atoms with Gasteiger partial charge in [0.1, 0.15) is 5.82 Å². The van der Waals surface area contributed by atoms with E-state index >= 15 is 0 Å². The van der Waals surface area contributed by atoms with Gasteiger partial charge in [0.05, 0.1) is 6.61 Å². The largest absolute Gasteiger partial charge is 0.466 e. The van der Waals surface area contributed by atoms with Crippen LogP contribution in [0.25, 0.3) is 10.9 Å². The average Bonchev–Trinajstić information content (AvgIpc) is 3.02. The number of nitrogens with one attached hydrogen (secondary N) is 1. The summed E-state index contributed by atoms with van der Waals surface area (Å²) in [5.74, 6) is -0.388. The van der Waals surface area contributed by atoms with Gasteiger partial charge in [0.2, 0.25) is 0 Å². The second kappa shape index (κ2) is 8.65. The first kappa shape index (κ1) is 18.2. The Hall–Kier alpha value is -2.62. The third kappa shape index (κ3) is 4.94. The summed E-state index contributed by atoms with van der Waals surface area (Å²) < 4.78 is 18.7. The minimum absolute atomic E-state index is 0.151. The summed E-state index contributed by atoms with van der Waals surface area (Å²) in [5.41, 5.74) is 4.46. The minimum atomic E-state index is -0.238. The third-order valence-corrected chi connectivity index (χ3v) is 4.55. The van der Waals surface area contributed by atoms with Crippen LogP contribution in [0.1, 0.15) is 36.0 Å². The van der Waals surface area contributed by atoms with Gasteiger partial charge in [-0.15, -0.1) is 0 Å². The number of H-pyrrole nitrogens is 1. The molecule has 3 aromatic rings. The van der Waals surface area contributed by atoms with Crippen molar-refractivity contribution < 1.29 is 13.9 Å². The first-order chi connectivity index (χ1) is 12.6. The second-order valence-corrected chi connectivity index (χ2v) is 6.67. The average molecular weight is 353 g/mol. The van der Waals surface area contributed by atoms with E-state index in [0.29, 0.717) is 13.0 Å². The highest BCUT2D eigenvalue weighted by Crippen LogP contribution is 2.20. The van der Waals surface area contributed by atoms with Crippen LogP contribution in [0.4, 0.5) is 4.39 Å². The molecule has 3 nitrogen and oxygen atoms in total. The fourth-order valence-corrected chi connectivity index (χ4v) is 3.07. The summed E-state index contributed by atoms with van der Waals surface area (Å²) in [6.45, 7) is 2.46. The van der Waals surface area contributed by atoms with Gasteiger partial charge in [-0.3, -0.25) is 4.79 Å². The molecule has 1 aromatic heterocycles. The molecule has 1 heterocycles. The molecule has 0 saturated heterocycles. The summed E-state index contributed by atoms with van der Waals surface area (Å²) in [5, 5.41) is 0.898. The summed E-state index contributed by atoms with van der Waals surface area (Å²) in [7, 11) is 0. The van der Waals surface area contributed by atoms with E-state index in [1.807, 2.05) is 6.20 Å². The molecular formula is C22H24FNO2. The molecule has 0 fully saturated rings. The number of fused-ring (bicyclic) bond motifs is 1. The number of aryl methyl sites for hydroxylation is 3. The van der Waals surface area contributed by atoms with Crippen LogP contribution in [0.15, 0.2) is 48.7 Å². The van der Waals surface area contributed by atoms with Crippen LogP contribution in [0.5, 0.6) is 0 Å². The fourth-order valence-electron chi connectivity index (χ4n) is 3.07. The van der Waals surface area contributed by atoms with Crippen LogP contribution in [0.2, 0.25) is 0 Å². The van der Waals surface area contributed by atoms with Gasteiger partial charge in [0, 0.05) is 23.5 Å². The third-order valence-electron chi connectivity index (χ3n) is 4.55. The molecule has 0 amide bonds. The van der Waals surface area contributed by atoms with Crippen molar-refractivity contribution in [1.29, 1.82) is 0 Å². The van der Waals surface area contributed by atoms with Gasteiger partial charge in [0.25, 0.3) is 0 Å². The minimum Gasteiger partial charge on any atom is -0.466 e. The molecule has 3 rings (SSSR count). The molecule has 136 valence electrons. The van der Waals surface area contributed by atoms with Gasteiger partial charge >= 0.3 is 5.97 Å². The molecule has 2 aromatic carbocycles. The predicted octanol–water partition coefficient (Wildman–Crippen LogP) is 5.11. The molecule has 26 heavy (non-hydrogen) atoms. The number of hydrogen-bond acceptors (Lipinski definition) is 2. The van der Waals surface area contributed by atoms with Crippen LogP contribution in [-0.2, 0) is 22.4 Å². The van der Waals surface area contributed by atoms with Crippen molar-refractivity contribution in [2.45, 2.75) is 39.0 Å². The Morgan fingerprint density at radius 3 is 2.69 bits per heavy atom. The van der Waals surface area contributed by atoms with E-state index in [0.717, 1.165) is 42.1 Å². The maximum Gasteiger partial charge on any atom is 0.305 e. The Labute approximate surface area is 153 Å². The van der Waals surface area contributed by atoms with Crippen LogP contribution in [0.3, 0.4) is 0 Å². The number of benzene rings is 2. The van der Waals surface area contributed by atoms with Crippen LogP contribution < -0.4 is 0 Å². The van der Waals surface area contributed by atoms with Gasteiger partial charge in [-0.05, 0) is 61.9 Å². The Balaban J connectivity index is 1.35. The number of esters is 1. The van der Waals surface area contributed by atoms with Crippen molar-refractivity contribution in [3.8, 4) is 0 Å². The number of carbonyl (C=O) groups excluding carboxylic acids is 1. The zero-order chi connectivity index (χ0) is 18.4. The highest BCUT2D eigenvalue weighted by atomic mass is 19.1. The molecule has 0 saturated carbocycles. The number of halogens is 1. The molecule has 0 aliphatic heterocycles. The van der Waals surface area contributed by atoms with Crippen molar-refractivity contribution in [3.05, 3.63) is 71.2 Å². The van der Waals surface area contributed by atoms with E-state index in [2.05, 4.69) is 36.2 Å². The molecule has 4 heteroatoms. The Bertz CT molecular complexity index is 867. The summed E-state index contributed by atoms with van der Waals surface area (Å²) >= 11 is 0. The van der Waals surface area contributed by atoms with E-state index in [9.17, 15) is 9.18 Å². The van der Waals surface area contributed by atoms with Crippen molar-refractivity contribution in [1.82, 2.24) is 4.98 Å². The summed E-state index contributed by atoms with van der Waals surface area (Å²) in [6.07, 6.45) is 5.49. The van der Waals surface area contributed by atoms with E-state index in [4.69, 9.17) is 4.74 Å². The number of ether oxygens (including phenoxy) is 1. The zero-order valence-electron chi connectivity index (χ0n) is 15.1. The summed E-state index contributed by atoms with van der Waals surface area (Å²) in [4.78, 5) is 15.0. The zero-order valence-corrected chi connectivity index (χ0v) is 15.1. The lowest BCUT2D eigenvalue weighted by Gasteiger charge is -2.05. The van der Waals surface area contributed by atoms with Gasteiger partial charge in [-0.25, -0.2) is 4.39 Å². The van der Waals surface area contributed by atoms with Crippen LogP contribution >= 0.6 is 0 Å². The van der Waals surface area contributed by atoms with Gasteiger partial charge < -0.3 is 9.72 Å². The smallest absolute Gasteiger partial charge is 0.305 e. The fraction of sp³-hybridized carbons (Fsp3) is 0.318. The number of aromatic nitrogens is 1. The second-order valence-electron chi connectivity index (χ2n) is 6.67. The molecule has 0 radical (unpaired) electrons. The lowest BCUT2D eigenvalue weighted by Crippen LogP contribution is -2.07. The van der Waals surface area contributed by atoms with Crippen molar-refractivity contribution in [3.63, 3.8) is 0 Å². The van der Waals surface area contributed by atoms with Crippen LogP contribution in [0, 0.1) is 12.7 Å². The van der Waals surface area contributed by atoms with Gasteiger partial charge in [-0.1, -0.05) is 29.8 Å². The van der Waals surface area contributed by atoms with Crippen molar-refractivity contribution in [2.24, 2.45) is 0 Å². The number of rotatable bonds is 8. The Morgan fingerprint density at radius 2 is 1.88 bits per heavy atom. The number of hydrogen-bond donors (Lipinski definition) is 1. The predicted molar refractivity (Wildman–Crippen MR) is 102 cm³/mol. The first-order valence-corrected chi connectivity index (χ1v) is 9.08. The molecule has 0 bridgehead atoms. The highest BCUT2D eigenvalue weighted by molar-refractivity contribution is 5.83. The topological polar surface area (TPSA) is 42.1 Å². The molecule has 0 unspecified atom stereocenters. The van der Waals surface area contributed by atoms with Gasteiger partial charge in [-0.2, -0.15) is 0 Å². The Morgan fingerprint density at radius 1 is 1.08 bits per heavy atom. The Kier molecular flexibility index (Phi) is 6.05. The molecule has 1 N–H and O–H groups in total. The van der Waals surface area contributed by atoms with E-state index in [1.54, 1.807) is 6.07 Å². The summed E-state index contributed by atoms with van der Waals surface area (Å²) in [6, 6.07) is 13.1. The highest BCUT2D eigenvalue weighted by Gasteiger charge is 2.07. The van der Waals surface area contributed by atoms with Gasteiger partial charge in [0.15, 0.2) is 0 Å². The quantitative estimate of drug-likeness (QED) is 0.451. The molecule has 0 atom stereocenters. The molecule has 0 aliphatic carbocycles. The standard InChI is InChI=1S/C22H24FNO2/c1-16-7-9-17(10-8-16)4-2-6-22(25)26-13-3-5-18-15-24-21-12-11-19(23)14-20(18)21/h7-12,14-15,24H,2-6,13H2,1H3. The maximum absolute atomic E-state index is 13.4. The number of aromatic amines is 1. The monoisotopic (exact) mass is 353 g/mol. The maximum atomic E-state index is 13.4. The lowest BCUT2D eigenvalue weighted by molar-refractivity contribution is -0.143. The molecule has 0 aliphatic rings. The molecular weight excluding hydrogens is 329 g/mol. The van der Waals surface area contributed by atoms with Crippen LogP contribution in [-0.4, -0.2) is 17.6 Å². The molecule has 0 spiro atoms.